The lowest BCUT2D eigenvalue weighted by molar-refractivity contribution is 0.297. The smallest absolute Gasteiger partial charge is 0.0456 e. The van der Waals surface area contributed by atoms with Crippen molar-refractivity contribution in [1.29, 1.82) is 0 Å². The highest BCUT2D eigenvalue weighted by molar-refractivity contribution is 7.99. The molecule has 1 saturated heterocycles. The third-order valence-electron chi connectivity index (χ3n) is 4.18. The third-order valence-corrected chi connectivity index (χ3v) is 5.12. The highest BCUT2D eigenvalue weighted by Crippen LogP contribution is 2.17. The molecule has 1 aromatic carbocycles. The number of aromatic nitrogens is 1. The van der Waals surface area contributed by atoms with Crippen molar-refractivity contribution in [2.45, 2.75) is 12.8 Å². The molecule has 2 heterocycles. The number of rotatable bonds is 7. The van der Waals surface area contributed by atoms with E-state index in [2.05, 4.69) is 57.4 Å². The molecule has 3 nitrogen and oxygen atoms in total. The maximum absolute atomic E-state index is 3.58. The molecule has 0 saturated carbocycles. The van der Waals surface area contributed by atoms with Gasteiger partial charge in [-0.2, -0.15) is 11.8 Å². The summed E-state index contributed by atoms with van der Waals surface area (Å²) in [6, 6.07) is 8.54. The summed E-state index contributed by atoms with van der Waals surface area (Å²) in [6.45, 7) is 6.00. The van der Waals surface area contributed by atoms with Crippen LogP contribution in [-0.4, -0.2) is 54.1 Å². The molecule has 2 aromatic rings. The molecule has 0 radical (unpaired) electrons. The Kier molecular flexibility index (Phi) is 5.60. The summed E-state index contributed by atoms with van der Waals surface area (Å²) >= 11 is 2.09. The molecule has 0 aliphatic carbocycles. The molecule has 0 atom stereocenters. The summed E-state index contributed by atoms with van der Waals surface area (Å²) < 4.78 is 0. The van der Waals surface area contributed by atoms with E-state index in [-0.39, 0.29) is 0 Å². The maximum atomic E-state index is 3.58. The largest absolute Gasteiger partial charge is 0.361 e. The van der Waals surface area contributed by atoms with Gasteiger partial charge in [0.05, 0.1) is 0 Å². The van der Waals surface area contributed by atoms with Gasteiger partial charge in [-0.1, -0.05) is 18.2 Å². The van der Waals surface area contributed by atoms with Gasteiger partial charge in [-0.05, 0) is 44.1 Å². The van der Waals surface area contributed by atoms with Gasteiger partial charge >= 0.3 is 0 Å². The van der Waals surface area contributed by atoms with Gasteiger partial charge in [0, 0.05) is 41.7 Å². The second-order valence-corrected chi connectivity index (χ2v) is 6.89. The summed E-state index contributed by atoms with van der Waals surface area (Å²) in [7, 11) is 0. The first-order valence-electron chi connectivity index (χ1n) is 7.99. The lowest BCUT2D eigenvalue weighted by Gasteiger charge is -2.25. The van der Waals surface area contributed by atoms with Crippen LogP contribution in [0.15, 0.2) is 30.5 Å². The predicted octanol–water partition coefficient (Wildman–Crippen LogP) is 2.74. The van der Waals surface area contributed by atoms with Crippen molar-refractivity contribution in [1.82, 2.24) is 15.2 Å². The average Bonchev–Trinajstić information content (AvgIpc) is 2.95. The Labute approximate surface area is 131 Å². The van der Waals surface area contributed by atoms with Crippen LogP contribution >= 0.6 is 11.8 Å². The van der Waals surface area contributed by atoms with Crippen molar-refractivity contribution in [3.8, 4) is 0 Å². The fourth-order valence-corrected chi connectivity index (χ4v) is 3.92. The molecule has 21 heavy (non-hydrogen) atoms. The fraction of sp³-hybridized carbons (Fsp3) is 0.529. The van der Waals surface area contributed by atoms with Crippen molar-refractivity contribution in [3.63, 3.8) is 0 Å². The summed E-state index contributed by atoms with van der Waals surface area (Å²) in [5.41, 5.74) is 2.67. The Morgan fingerprint density at radius 2 is 2.00 bits per heavy atom. The minimum absolute atomic E-state index is 1.07. The third kappa shape index (κ3) is 4.25. The van der Waals surface area contributed by atoms with E-state index in [9.17, 15) is 0 Å². The number of fused-ring (bicyclic) bond motifs is 1. The molecular weight excluding hydrogens is 278 g/mol. The number of hydrogen-bond donors (Lipinski definition) is 2. The van der Waals surface area contributed by atoms with Crippen molar-refractivity contribution in [2.75, 3.05) is 44.2 Å². The minimum atomic E-state index is 1.07. The lowest BCUT2D eigenvalue weighted by Crippen LogP contribution is -2.34. The van der Waals surface area contributed by atoms with Crippen molar-refractivity contribution in [2.24, 2.45) is 0 Å². The van der Waals surface area contributed by atoms with Gasteiger partial charge in [0.1, 0.15) is 0 Å². The molecule has 114 valence electrons. The first kappa shape index (κ1) is 14.9. The molecule has 0 bridgehead atoms. The number of H-pyrrole nitrogens is 1. The molecule has 1 aliphatic rings. The molecule has 1 aliphatic heterocycles. The highest BCUT2D eigenvalue weighted by atomic mass is 32.2. The normalized spacial score (nSPS) is 16.6. The second kappa shape index (κ2) is 7.87. The zero-order chi connectivity index (χ0) is 14.3. The number of thioether (sulfide) groups is 1. The SMILES string of the molecule is c1ccc2c(CCNCCCN3CCSCC3)c[nH]c2c1. The Balaban J connectivity index is 1.33. The van der Waals surface area contributed by atoms with E-state index in [1.54, 1.807) is 0 Å². The summed E-state index contributed by atoms with van der Waals surface area (Å²) in [6.07, 6.45) is 4.51. The van der Waals surface area contributed by atoms with Crippen molar-refractivity contribution >= 4 is 22.7 Å². The maximum Gasteiger partial charge on any atom is 0.0456 e. The van der Waals surface area contributed by atoms with Gasteiger partial charge in [-0.25, -0.2) is 0 Å². The zero-order valence-electron chi connectivity index (χ0n) is 12.6. The Morgan fingerprint density at radius 1 is 1.14 bits per heavy atom. The van der Waals surface area contributed by atoms with Crippen molar-refractivity contribution < 1.29 is 0 Å². The molecule has 1 aromatic heterocycles. The van der Waals surface area contributed by atoms with Gasteiger partial charge in [0.25, 0.3) is 0 Å². The summed E-state index contributed by atoms with van der Waals surface area (Å²) in [5.74, 6) is 2.63. The summed E-state index contributed by atoms with van der Waals surface area (Å²) in [5, 5.41) is 4.95. The van der Waals surface area contributed by atoms with E-state index < -0.39 is 0 Å². The lowest BCUT2D eigenvalue weighted by atomic mass is 10.1. The minimum Gasteiger partial charge on any atom is -0.361 e. The monoisotopic (exact) mass is 303 g/mol. The van der Waals surface area contributed by atoms with Gasteiger partial charge in [-0.3, -0.25) is 0 Å². The van der Waals surface area contributed by atoms with Crippen LogP contribution in [0.25, 0.3) is 10.9 Å². The number of hydrogen-bond acceptors (Lipinski definition) is 3. The number of aromatic amines is 1. The molecule has 1 fully saturated rings. The molecule has 0 unspecified atom stereocenters. The number of nitrogens with one attached hydrogen (secondary N) is 2. The number of benzene rings is 1. The first-order valence-corrected chi connectivity index (χ1v) is 9.15. The van der Waals surface area contributed by atoms with Gasteiger partial charge < -0.3 is 15.2 Å². The van der Waals surface area contributed by atoms with Gasteiger partial charge in [0.15, 0.2) is 0 Å². The van der Waals surface area contributed by atoms with E-state index in [1.807, 2.05) is 0 Å². The van der Waals surface area contributed by atoms with Crippen LogP contribution in [0.5, 0.6) is 0 Å². The van der Waals surface area contributed by atoms with E-state index in [4.69, 9.17) is 0 Å². The Hall–Kier alpha value is -0.970. The standard InChI is InChI=1S/C17H25N3S/c1-2-5-17-16(4-1)15(14-19-17)6-8-18-7-3-9-20-10-12-21-13-11-20/h1-2,4-5,14,18-19H,3,6-13H2. The molecule has 0 spiro atoms. The quantitative estimate of drug-likeness (QED) is 0.771. The van der Waals surface area contributed by atoms with Crippen LogP contribution in [0.4, 0.5) is 0 Å². The van der Waals surface area contributed by atoms with Crippen LogP contribution in [0.3, 0.4) is 0 Å². The predicted molar refractivity (Wildman–Crippen MR) is 93.3 cm³/mol. The second-order valence-electron chi connectivity index (χ2n) is 5.67. The van der Waals surface area contributed by atoms with Crippen molar-refractivity contribution in [3.05, 3.63) is 36.0 Å². The topological polar surface area (TPSA) is 31.1 Å². The van der Waals surface area contributed by atoms with Gasteiger partial charge in [-0.15, -0.1) is 0 Å². The van der Waals surface area contributed by atoms with Crippen LogP contribution in [0, 0.1) is 0 Å². The fourth-order valence-electron chi connectivity index (χ4n) is 2.94. The molecule has 0 amide bonds. The number of nitrogens with zero attached hydrogens (tertiary/aromatic N) is 1. The van der Waals surface area contributed by atoms with E-state index in [0.29, 0.717) is 0 Å². The Morgan fingerprint density at radius 3 is 2.90 bits per heavy atom. The first-order chi connectivity index (χ1) is 10.4. The van der Waals surface area contributed by atoms with Crippen LogP contribution in [-0.2, 0) is 6.42 Å². The average molecular weight is 303 g/mol. The van der Waals surface area contributed by atoms with Gasteiger partial charge in [0.2, 0.25) is 0 Å². The molecule has 4 heteroatoms. The summed E-state index contributed by atoms with van der Waals surface area (Å²) in [4.78, 5) is 5.94. The van der Waals surface area contributed by atoms with E-state index >= 15 is 0 Å². The molecular formula is C17H25N3S. The van der Waals surface area contributed by atoms with Crippen LogP contribution in [0.2, 0.25) is 0 Å². The highest BCUT2D eigenvalue weighted by Gasteiger charge is 2.09. The zero-order valence-corrected chi connectivity index (χ0v) is 13.4. The van der Waals surface area contributed by atoms with Crippen LogP contribution < -0.4 is 5.32 Å². The Bertz CT molecular complexity index is 546. The van der Waals surface area contributed by atoms with E-state index in [0.717, 1.165) is 19.5 Å². The molecule has 3 rings (SSSR count). The van der Waals surface area contributed by atoms with Crippen LogP contribution in [0.1, 0.15) is 12.0 Å². The molecule has 2 N–H and O–H groups in total. The van der Waals surface area contributed by atoms with E-state index in [1.165, 1.54) is 54.0 Å². The number of para-hydroxylation sites is 1.